The molecule has 0 aliphatic rings. The van der Waals surface area contributed by atoms with Crippen LogP contribution in [0, 0.1) is 6.92 Å². The highest BCUT2D eigenvalue weighted by atomic mass is 79.9. The number of hydrogen-bond acceptors (Lipinski definition) is 3. The number of aryl methyl sites for hydroxylation is 1. The van der Waals surface area contributed by atoms with Crippen molar-refractivity contribution < 1.29 is 14.3 Å². The van der Waals surface area contributed by atoms with E-state index in [9.17, 15) is 4.79 Å². The molecule has 0 saturated heterocycles. The van der Waals surface area contributed by atoms with Crippen LogP contribution in [0.15, 0.2) is 46.9 Å². The third-order valence-corrected chi connectivity index (χ3v) is 3.96. The molecule has 0 spiro atoms. The maximum Gasteiger partial charge on any atom is 0.186 e. The molecule has 2 rings (SSSR count). The molecule has 0 fully saturated rings. The van der Waals surface area contributed by atoms with E-state index in [0.717, 1.165) is 15.6 Å². The Morgan fingerprint density at radius 1 is 1.26 bits per heavy atom. The van der Waals surface area contributed by atoms with Crippen molar-refractivity contribution in [2.45, 2.75) is 13.8 Å². The zero-order valence-electron chi connectivity index (χ0n) is 13.4. The van der Waals surface area contributed by atoms with Crippen molar-refractivity contribution in [2.75, 3.05) is 13.7 Å². The van der Waals surface area contributed by atoms with Crippen molar-refractivity contribution in [2.24, 2.45) is 0 Å². The summed E-state index contributed by atoms with van der Waals surface area (Å²) in [5.74, 6) is 1.27. The first kappa shape index (κ1) is 17.3. The lowest BCUT2D eigenvalue weighted by molar-refractivity contribution is 0.104. The van der Waals surface area contributed by atoms with E-state index in [-0.39, 0.29) is 5.78 Å². The van der Waals surface area contributed by atoms with Crippen LogP contribution in [0.2, 0.25) is 0 Å². The molecule has 0 aliphatic heterocycles. The van der Waals surface area contributed by atoms with E-state index in [2.05, 4.69) is 15.9 Å². The molecule has 0 heterocycles. The van der Waals surface area contributed by atoms with Gasteiger partial charge in [0.15, 0.2) is 17.3 Å². The highest BCUT2D eigenvalue weighted by Gasteiger charge is 2.10. The zero-order chi connectivity index (χ0) is 16.8. The summed E-state index contributed by atoms with van der Waals surface area (Å²) in [4.78, 5) is 12.3. The average Bonchev–Trinajstić information content (AvgIpc) is 2.53. The Kier molecular flexibility index (Phi) is 5.99. The molecule has 0 aromatic heterocycles. The van der Waals surface area contributed by atoms with Gasteiger partial charge in [-0.25, -0.2) is 0 Å². The fourth-order valence-corrected chi connectivity index (χ4v) is 2.88. The quantitative estimate of drug-likeness (QED) is 0.523. The Bertz CT molecular complexity index is 735. The van der Waals surface area contributed by atoms with Crippen molar-refractivity contribution >= 4 is 27.8 Å². The molecule has 0 aliphatic carbocycles. The maximum absolute atomic E-state index is 12.3. The van der Waals surface area contributed by atoms with Gasteiger partial charge in [0, 0.05) is 5.56 Å². The SMILES string of the molecule is CCOc1cc(/C=C/C(=O)c2ccccc2C)cc(Br)c1OC. The molecule has 0 unspecified atom stereocenters. The average molecular weight is 375 g/mol. The number of rotatable bonds is 6. The van der Waals surface area contributed by atoms with Crippen molar-refractivity contribution in [1.29, 1.82) is 0 Å². The van der Waals surface area contributed by atoms with Gasteiger partial charge in [0.25, 0.3) is 0 Å². The summed E-state index contributed by atoms with van der Waals surface area (Å²) in [6.07, 6.45) is 3.35. The first-order valence-electron chi connectivity index (χ1n) is 7.35. The second-order valence-corrected chi connectivity index (χ2v) is 5.83. The fourth-order valence-electron chi connectivity index (χ4n) is 2.26. The molecule has 2 aromatic rings. The zero-order valence-corrected chi connectivity index (χ0v) is 15.0. The molecule has 0 atom stereocenters. The third-order valence-electron chi connectivity index (χ3n) is 3.37. The van der Waals surface area contributed by atoms with Gasteiger partial charge in [0.05, 0.1) is 18.2 Å². The van der Waals surface area contributed by atoms with Crippen LogP contribution in [0.5, 0.6) is 11.5 Å². The highest BCUT2D eigenvalue weighted by molar-refractivity contribution is 9.10. The smallest absolute Gasteiger partial charge is 0.186 e. The minimum Gasteiger partial charge on any atom is -0.492 e. The van der Waals surface area contributed by atoms with E-state index in [1.54, 1.807) is 19.3 Å². The molecule has 0 bridgehead atoms. The number of allylic oxidation sites excluding steroid dienone is 1. The van der Waals surface area contributed by atoms with Crippen molar-refractivity contribution in [3.05, 3.63) is 63.6 Å². The molecule has 0 N–H and O–H groups in total. The van der Waals surface area contributed by atoms with Crippen molar-refractivity contribution in [3.8, 4) is 11.5 Å². The fraction of sp³-hybridized carbons (Fsp3) is 0.211. The molecule has 3 nitrogen and oxygen atoms in total. The first-order chi connectivity index (χ1) is 11.1. The molecular formula is C19H19BrO3. The summed E-state index contributed by atoms with van der Waals surface area (Å²) in [6, 6.07) is 11.3. The van der Waals surface area contributed by atoms with Crippen LogP contribution in [-0.2, 0) is 0 Å². The topological polar surface area (TPSA) is 35.5 Å². The van der Waals surface area contributed by atoms with E-state index in [0.29, 0.717) is 23.7 Å². The predicted octanol–water partition coefficient (Wildman–Crippen LogP) is 5.06. The molecule has 2 aromatic carbocycles. The summed E-state index contributed by atoms with van der Waals surface area (Å²) < 4.78 is 11.7. The van der Waals surface area contributed by atoms with Crippen LogP contribution < -0.4 is 9.47 Å². The van der Waals surface area contributed by atoms with Gasteiger partial charge >= 0.3 is 0 Å². The van der Waals surface area contributed by atoms with Crippen molar-refractivity contribution in [3.63, 3.8) is 0 Å². The molecule has 120 valence electrons. The lowest BCUT2D eigenvalue weighted by atomic mass is 10.0. The lowest BCUT2D eigenvalue weighted by Crippen LogP contribution is -1.98. The maximum atomic E-state index is 12.3. The van der Waals surface area contributed by atoms with E-state index < -0.39 is 0 Å². The van der Waals surface area contributed by atoms with E-state index in [1.165, 1.54) is 0 Å². The van der Waals surface area contributed by atoms with Gasteiger partial charge in [0.2, 0.25) is 0 Å². The van der Waals surface area contributed by atoms with E-state index in [4.69, 9.17) is 9.47 Å². The number of methoxy groups -OCH3 is 1. The normalized spacial score (nSPS) is 10.8. The van der Waals surface area contributed by atoms with Gasteiger partial charge < -0.3 is 9.47 Å². The monoisotopic (exact) mass is 374 g/mol. The minimum atomic E-state index is -0.0204. The standard InChI is InChI=1S/C19H19BrO3/c1-4-23-18-12-14(11-16(20)19(18)22-3)9-10-17(21)15-8-6-5-7-13(15)2/h5-12H,4H2,1-3H3/b10-9+. The predicted molar refractivity (Wildman–Crippen MR) is 96.4 cm³/mol. The van der Waals surface area contributed by atoms with Crippen LogP contribution in [0.25, 0.3) is 6.08 Å². The number of hydrogen-bond donors (Lipinski definition) is 0. The van der Waals surface area contributed by atoms with Crippen LogP contribution >= 0.6 is 15.9 Å². The minimum absolute atomic E-state index is 0.0204. The van der Waals surface area contributed by atoms with Gasteiger partial charge in [0.1, 0.15) is 0 Å². The molecular weight excluding hydrogens is 356 g/mol. The van der Waals surface area contributed by atoms with E-state index in [1.807, 2.05) is 50.2 Å². The Hall–Kier alpha value is -2.07. The van der Waals surface area contributed by atoms with Crippen LogP contribution in [-0.4, -0.2) is 19.5 Å². The van der Waals surface area contributed by atoms with Gasteiger partial charge in [-0.3, -0.25) is 4.79 Å². The number of benzene rings is 2. The summed E-state index contributed by atoms with van der Waals surface area (Å²) in [5.41, 5.74) is 2.54. The van der Waals surface area contributed by atoms with Gasteiger partial charge in [-0.2, -0.15) is 0 Å². The Labute approximate surface area is 145 Å². The molecule has 0 amide bonds. The van der Waals surface area contributed by atoms with Gasteiger partial charge in [-0.15, -0.1) is 0 Å². The van der Waals surface area contributed by atoms with Crippen LogP contribution in [0.4, 0.5) is 0 Å². The summed E-state index contributed by atoms with van der Waals surface area (Å²) in [6.45, 7) is 4.38. The molecule has 23 heavy (non-hydrogen) atoms. The number of carbonyl (C=O) groups excluding carboxylic acids is 1. The third kappa shape index (κ3) is 4.23. The van der Waals surface area contributed by atoms with Crippen LogP contribution in [0.1, 0.15) is 28.4 Å². The van der Waals surface area contributed by atoms with E-state index >= 15 is 0 Å². The molecule has 4 heteroatoms. The second kappa shape index (κ2) is 7.97. The van der Waals surface area contributed by atoms with Gasteiger partial charge in [-0.05, 0) is 59.1 Å². The summed E-state index contributed by atoms with van der Waals surface area (Å²) in [5, 5.41) is 0. The molecule has 0 radical (unpaired) electrons. The van der Waals surface area contributed by atoms with Crippen LogP contribution in [0.3, 0.4) is 0 Å². The highest BCUT2D eigenvalue weighted by Crippen LogP contribution is 2.36. The van der Waals surface area contributed by atoms with Crippen molar-refractivity contribution in [1.82, 2.24) is 0 Å². The first-order valence-corrected chi connectivity index (χ1v) is 8.14. The number of halogens is 1. The Morgan fingerprint density at radius 2 is 2.00 bits per heavy atom. The number of carbonyl (C=O) groups is 1. The number of ether oxygens (including phenoxy) is 2. The molecule has 0 saturated carbocycles. The second-order valence-electron chi connectivity index (χ2n) is 4.98. The lowest BCUT2D eigenvalue weighted by Gasteiger charge is -2.12. The largest absolute Gasteiger partial charge is 0.492 e. The number of ketones is 1. The summed E-state index contributed by atoms with van der Waals surface area (Å²) >= 11 is 3.47. The van der Waals surface area contributed by atoms with Gasteiger partial charge in [-0.1, -0.05) is 30.3 Å². The Morgan fingerprint density at radius 3 is 2.65 bits per heavy atom. The Balaban J connectivity index is 2.29. The summed E-state index contributed by atoms with van der Waals surface area (Å²) in [7, 11) is 1.60.